The summed E-state index contributed by atoms with van der Waals surface area (Å²) < 4.78 is 0. The molecule has 0 saturated heterocycles. The second kappa shape index (κ2) is 11.9. The molecule has 0 atom stereocenters. The van der Waals surface area contributed by atoms with Crippen molar-refractivity contribution in [3.8, 4) is 11.1 Å². The molecule has 226 valence electrons. The molecule has 9 rings (SSSR count). The van der Waals surface area contributed by atoms with Gasteiger partial charge in [0.25, 0.3) is 0 Å². The molecule has 7 aromatic carbocycles. The van der Waals surface area contributed by atoms with Crippen LogP contribution in [0.3, 0.4) is 0 Å². The fraction of sp³-hybridized carbons (Fsp3) is 0.0213. The molecule has 2 aliphatic rings. The molecule has 0 nitrogen and oxygen atoms in total. The number of fused-ring (bicyclic) bond motifs is 9. The van der Waals surface area contributed by atoms with Crippen molar-refractivity contribution >= 4 is 48.1 Å². The zero-order valence-corrected chi connectivity index (χ0v) is 27.4. The van der Waals surface area contributed by atoms with Crippen molar-refractivity contribution < 1.29 is 0 Å². The Morgan fingerprint density at radius 2 is 0.729 bits per heavy atom. The highest BCUT2D eigenvalue weighted by Gasteiger charge is 2.51. The molecule has 7 aromatic rings. The lowest BCUT2D eigenvalue weighted by Crippen LogP contribution is -2.44. The number of benzene rings is 7. The molecule has 1 aliphatic carbocycles. The summed E-state index contributed by atoms with van der Waals surface area (Å²) in [6.45, 7) is 0. The Morgan fingerprint density at radius 3 is 1.21 bits per heavy atom. The van der Waals surface area contributed by atoms with Crippen LogP contribution in [0.1, 0.15) is 44.5 Å². The first-order chi connectivity index (χ1) is 23.8. The van der Waals surface area contributed by atoms with Crippen molar-refractivity contribution in [3.63, 3.8) is 0 Å². The maximum absolute atomic E-state index is 2.49. The van der Waals surface area contributed by atoms with Crippen molar-refractivity contribution in [1.29, 1.82) is 0 Å². The van der Waals surface area contributed by atoms with E-state index in [-0.39, 0.29) is 0 Å². The van der Waals surface area contributed by atoms with E-state index in [0.29, 0.717) is 0 Å². The smallest absolute Gasteiger partial charge is 0.0622 e. The van der Waals surface area contributed by atoms with Gasteiger partial charge in [-0.05, 0) is 91.6 Å². The van der Waals surface area contributed by atoms with E-state index < -0.39 is 13.3 Å². The molecule has 1 aliphatic heterocycles. The van der Waals surface area contributed by atoms with Crippen LogP contribution < -0.4 is 15.9 Å². The van der Waals surface area contributed by atoms with Gasteiger partial charge in [0.05, 0.1) is 5.41 Å². The third-order valence-electron chi connectivity index (χ3n) is 9.83. The molecule has 48 heavy (non-hydrogen) atoms. The summed E-state index contributed by atoms with van der Waals surface area (Å²) in [7, 11) is -0.798. The van der Waals surface area contributed by atoms with Gasteiger partial charge in [0.15, 0.2) is 0 Å². The highest BCUT2D eigenvalue weighted by molar-refractivity contribution is 7.80. The Hall–Kier alpha value is -5.55. The zero-order valence-electron chi connectivity index (χ0n) is 26.5. The Morgan fingerprint density at radius 1 is 0.333 bits per heavy atom. The van der Waals surface area contributed by atoms with E-state index >= 15 is 0 Å². The molecule has 0 radical (unpaired) electrons. The molecule has 0 fully saturated rings. The van der Waals surface area contributed by atoms with Gasteiger partial charge in [-0.3, -0.25) is 0 Å². The molecule has 1 heteroatoms. The van der Waals surface area contributed by atoms with Gasteiger partial charge >= 0.3 is 0 Å². The predicted octanol–water partition coefficient (Wildman–Crippen LogP) is 10.5. The predicted molar refractivity (Wildman–Crippen MR) is 207 cm³/mol. The molecule has 0 N–H and O–H groups in total. The number of rotatable bonds is 5. The van der Waals surface area contributed by atoms with Crippen LogP contribution in [-0.4, -0.2) is 0 Å². The maximum Gasteiger partial charge on any atom is 0.0726 e. The Kier molecular flexibility index (Phi) is 7.11. The lowest BCUT2D eigenvalue weighted by atomic mass is 9.67. The molecule has 0 saturated carbocycles. The largest absolute Gasteiger partial charge is 0.0726 e. The number of hydrogen-bond donors (Lipinski definition) is 0. The van der Waals surface area contributed by atoms with E-state index in [9.17, 15) is 0 Å². The average molecular weight is 629 g/mol. The van der Waals surface area contributed by atoms with Gasteiger partial charge in [-0.25, -0.2) is 0 Å². The summed E-state index contributed by atoms with van der Waals surface area (Å²) in [5.41, 5.74) is 12.5. The lowest BCUT2D eigenvalue weighted by molar-refractivity contribution is 0.776. The van der Waals surface area contributed by atoms with Crippen LogP contribution >= 0.6 is 7.92 Å². The van der Waals surface area contributed by atoms with E-state index in [4.69, 9.17) is 0 Å². The molecule has 0 bridgehead atoms. The first kappa shape index (κ1) is 28.7. The van der Waals surface area contributed by atoms with Gasteiger partial charge in [-0.2, -0.15) is 0 Å². The Balaban J connectivity index is 1.35. The van der Waals surface area contributed by atoms with Gasteiger partial charge in [0.2, 0.25) is 0 Å². The van der Waals surface area contributed by atoms with E-state index in [1.54, 1.807) is 0 Å². The average Bonchev–Trinajstić information content (AvgIpc) is 3.45. The minimum atomic E-state index is -0.798. The van der Waals surface area contributed by atoms with Crippen LogP contribution in [0, 0.1) is 0 Å². The maximum atomic E-state index is 2.49. The fourth-order valence-corrected chi connectivity index (χ4v) is 10.4. The summed E-state index contributed by atoms with van der Waals surface area (Å²) in [6, 6.07) is 65.0. The van der Waals surface area contributed by atoms with Crippen molar-refractivity contribution in [3.05, 3.63) is 220 Å². The van der Waals surface area contributed by atoms with Crippen molar-refractivity contribution in [2.75, 3.05) is 0 Å². The summed E-state index contributed by atoms with van der Waals surface area (Å²) >= 11 is 0. The molecule has 0 unspecified atom stereocenters. The van der Waals surface area contributed by atoms with E-state index in [1.165, 1.54) is 71.5 Å². The molecular formula is C47H33P. The first-order valence-corrected chi connectivity index (χ1v) is 17.9. The van der Waals surface area contributed by atoms with Gasteiger partial charge in [0, 0.05) is 0 Å². The first-order valence-electron chi connectivity index (χ1n) is 16.6. The SMILES string of the molecule is C(=Cc1ccc2c(c1)C1(c3ccccc3-c3ccccc31)c1cc(C=Cc3ccccc3)ccc1P2c1ccccc1)c1ccccc1. The van der Waals surface area contributed by atoms with E-state index in [0.717, 1.165) is 0 Å². The molecular weight excluding hydrogens is 595 g/mol. The summed E-state index contributed by atoms with van der Waals surface area (Å²) in [6.07, 6.45) is 9.01. The minimum absolute atomic E-state index is 0.446. The monoisotopic (exact) mass is 628 g/mol. The molecule has 0 aromatic heterocycles. The van der Waals surface area contributed by atoms with E-state index in [2.05, 4.69) is 200 Å². The lowest BCUT2D eigenvalue weighted by Gasteiger charge is -2.43. The third-order valence-corrected chi connectivity index (χ3v) is 12.4. The topological polar surface area (TPSA) is 0 Å². The van der Waals surface area contributed by atoms with Crippen LogP contribution in [0.15, 0.2) is 176 Å². The third kappa shape index (κ3) is 4.64. The van der Waals surface area contributed by atoms with Crippen molar-refractivity contribution in [2.45, 2.75) is 5.41 Å². The van der Waals surface area contributed by atoms with Gasteiger partial charge < -0.3 is 0 Å². The van der Waals surface area contributed by atoms with Crippen molar-refractivity contribution in [2.24, 2.45) is 0 Å². The van der Waals surface area contributed by atoms with Crippen molar-refractivity contribution in [1.82, 2.24) is 0 Å². The summed E-state index contributed by atoms with van der Waals surface area (Å²) in [5.74, 6) is 0. The highest BCUT2D eigenvalue weighted by Crippen LogP contribution is 2.60. The Labute approximate surface area is 284 Å². The molecule has 1 spiro atoms. The summed E-state index contributed by atoms with van der Waals surface area (Å²) in [4.78, 5) is 0. The molecule has 1 heterocycles. The highest BCUT2D eigenvalue weighted by atomic mass is 31.1. The van der Waals surface area contributed by atoms with Gasteiger partial charge in [-0.15, -0.1) is 0 Å². The minimum Gasteiger partial charge on any atom is -0.0622 e. The zero-order chi connectivity index (χ0) is 31.9. The quantitative estimate of drug-likeness (QED) is 0.131. The van der Waals surface area contributed by atoms with Gasteiger partial charge in [0.1, 0.15) is 0 Å². The van der Waals surface area contributed by atoms with E-state index in [1.807, 2.05) is 0 Å². The van der Waals surface area contributed by atoms with Crippen LogP contribution in [0.2, 0.25) is 0 Å². The second-order valence-electron chi connectivity index (χ2n) is 12.6. The van der Waals surface area contributed by atoms with Crippen LogP contribution in [0.5, 0.6) is 0 Å². The van der Waals surface area contributed by atoms with Crippen LogP contribution in [0.4, 0.5) is 0 Å². The normalized spacial score (nSPS) is 15.3. The van der Waals surface area contributed by atoms with Crippen LogP contribution in [0.25, 0.3) is 35.4 Å². The number of hydrogen-bond acceptors (Lipinski definition) is 0. The van der Waals surface area contributed by atoms with Crippen LogP contribution in [-0.2, 0) is 5.41 Å². The standard InChI is InChI=1S/C47H33P/c1-4-14-34(15-5-1)24-26-36-28-30-45-43(32-36)47(41-22-12-10-20-39(41)40-21-11-13-23-42(40)47)44-33-37(27-25-35-16-6-2-7-17-35)29-31-46(44)48(45)38-18-8-3-9-19-38/h1-33H. The summed E-state index contributed by atoms with van der Waals surface area (Å²) in [5, 5.41) is 4.24. The fourth-order valence-electron chi connectivity index (χ4n) is 7.76. The second-order valence-corrected chi connectivity index (χ2v) is 14.7. The Bertz CT molecular complexity index is 2180. The van der Waals surface area contributed by atoms with Gasteiger partial charge in [-0.1, -0.05) is 188 Å². The molecule has 0 amide bonds.